The molecule has 3 rings (SSSR count). The lowest BCUT2D eigenvalue weighted by atomic mass is 10.4. The fraction of sp³-hybridized carbons (Fsp3) is 0.400. The quantitative estimate of drug-likeness (QED) is 0.571. The predicted octanol–water partition coefficient (Wildman–Crippen LogP) is 2.55. The summed E-state index contributed by atoms with van der Waals surface area (Å²) in [5, 5.41) is 12.8. The maximum Gasteiger partial charge on any atom is 0.267 e. The van der Waals surface area contributed by atoms with Crippen LogP contribution in [0.15, 0.2) is 21.9 Å². The van der Waals surface area contributed by atoms with Gasteiger partial charge in [-0.25, -0.2) is 0 Å². The zero-order chi connectivity index (χ0) is 17.8. The van der Waals surface area contributed by atoms with Gasteiger partial charge in [-0.1, -0.05) is 36.1 Å². The molecule has 1 saturated carbocycles. The monoisotopic (exact) mass is 396 g/mol. The van der Waals surface area contributed by atoms with Crippen LogP contribution in [0.5, 0.6) is 0 Å². The third kappa shape index (κ3) is 4.65. The molecule has 2 aromatic heterocycles. The molecule has 3 amide bonds. The number of amides is 3. The van der Waals surface area contributed by atoms with E-state index in [0.717, 1.165) is 12.8 Å². The number of hydrogen-bond donors (Lipinski definition) is 1. The van der Waals surface area contributed by atoms with Gasteiger partial charge in [0.2, 0.25) is 16.9 Å². The molecule has 0 saturated heterocycles. The van der Waals surface area contributed by atoms with Crippen LogP contribution >= 0.6 is 34.4 Å². The molecule has 0 aromatic carbocycles. The second kappa shape index (κ2) is 8.07. The van der Waals surface area contributed by atoms with E-state index in [4.69, 9.17) is 0 Å². The van der Waals surface area contributed by atoms with Crippen molar-refractivity contribution in [2.24, 2.45) is 0 Å². The Morgan fingerprint density at radius 1 is 1.36 bits per heavy atom. The Labute approximate surface area is 156 Å². The van der Waals surface area contributed by atoms with Crippen molar-refractivity contribution < 1.29 is 14.4 Å². The molecule has 1 aliphatic rings. The fourth-order valence-corrected chi connectivity index (χ4v) is 4.44. The number of anilines is 1. The predicted molar refractivity (Wildman–Crippen MR) is 98.2 cm³/mol. The number of thioether (sulfide) groups is 1. The molecule has 1 N–H and O–H groups in total. The number of carbonyl (C=O) groups excluding carboxylic acids is 3. The SMILES string of the molecule is CCC(=O)N(c1nnc(SCC(=O)NC(=O)c2cccs2)s1)C1CC1. The van der Waals surface area contributed by atoms with Gasteiger partial charge < -0.3 is 0 Å². The molecule has 2 heterocycles. The van der Waals surface area contributed by atoms with Gasteiger partial charge in [0.1, 0.15) is 0 Å². The van der Waals surface area contributed by atoms with Gasteiger partial charge in [-0.15, -0.1) is 21.5 Å². The summed E-state index contributed by atoms with van der Waals surface area (Å²) in [5.74, 6) is -0.679. The number of thiophene rings is 1. The molecule has 0 radical (unpaired) electrons. The summed E-state index contributed by atoms with van der Waals surface area (Å²) in [4.78, 5) is 38.0. The van der Waals surface area contributed by atoms with Gasteiger partial charge in [-0.3, -0.25) is 24.6 Å². The summed E-state index contributed by atoms with van der Waals surface area (Å²) in [6, 6.07) is 3.64. The smallest absolute Gasteiger partial charge is 0.267 e. The maximum absolute atomic E-state index is 12.1. The number of rotatable bonds is 7. The average Bonchev–Trinajstić information content (AvgIpc) is 3.10. The summed E-state index contributed by atoms with van der Waals surface area (Å²) in [6.45, 7) is 1.82. The minimum atomic E-state index is -0.396. The Kier molecular flexibility index (Phi) is 5.82. The number of nitrogens with zero attached hydrogens (tertiary/aromatic N) is 3. The first-order valence-corrected chi connectivity index (χ1v) is 10.4. The van der Waals surface area contributed by atoms with Crippen molar-refractivity contribution in [2.75, 3.05) is 10.7 Å². The molecule has 132 valence electrons. The first kappa shape index (κ1) is 18.0. The van der Waals surface area contributed by atoms with E-state index in [2.05, 4.69) is 15.5 Å². The fourth-order valence-electron chi connectivity index (χ4n) is 2.09. The highest BCUT2D eigenvalue weighted by molar-refractivity contribution is 8.01. The van der Waals surface area contributed by atoms with E-state index >= 15 is 0 Å². The largest absolute Gasteiger partial charge is 0.291 e. The Morgan fingerprint density at radius 3 is 2.80 bits per heavy atom. The lowest BCUT2D eigenvalue weighted by Gasteiger charge is -2.17. The summed E-state index contributed by atoms with van der Waals surface area (Å²) in [7, 11) is 0. The Bertz CT molecular complexity index is 771. The van der Waals surface area contributed by atoms with Gasteiger partial charge in [-0.05, 0) is 24.3 Å². The normalized spacial score (nSPS) is 13.5. The van der Waals surface area contributed by atoms with E-state index in [1.54, 1.807) is 22.4 Å². The van der Waals surface area contributed by atoms with E-state index in [1.807, 2.05) is 6.92 Å². The molecule has 0 aliphatic heterocycles. The molecule has 10 heteroatoms. The van der Waals surface area contributed by atoms with Gasteiger partial charge in [0.25, 0.3) is 5.91 Å². The Hall–Kier alpha value is -1.78. The lowest BCUT2D eigenvalue weighted by molar-refractivity contribution is -0.119. The molecule has 0 spiro atoms. The summed E-state index contributed by atoms with van der Waals surface area (Å²) in [6.07, 6.45) is 2.40. The zero-order valence-corrected chi connectivity index (χ0v) is 15.9. The molecule has 7 nitrogen and oxygen atoms in total. The van der Waals surface area contributed by atoms with Gasteiger partial charge in [-0.2, -0.15) is 0 Å². The molecule has 1 fully saturated rings. The van der Waals surface area contributed by atoms with Crippen LogP contribution in [0.3, 0.4) is 0 Å². The van der Waals surface area contributed by atoms with Crippen molar-refractivity contribution in [2.45, 2.75) is 36.6 Å². The Balaban J connectivity index is 1.53. The third-order valence-electron chi connectivity index (χ3n) is 3.41. The molecular formula is C15H16N4O3S3. The van der Waals surface area contributed by atoms with Gasteiger partial charge in [0.15, 0.2) is 4.34 Å². The number of carbonyl (C=O) groups is 3. The second-order valence-electron chi connectivity index (χ2n) is 5.34. The molecule has 2 aromatic rings. The molecule has 25 heavy (non-hydrogen) atoms. The number of imide groups is 1. The molecule has 1 aliphatic carbocycles. The number of nitrogens with one attached hydrogen (secondary N) is 1. The standard InChI is InChI=1S/C15H16N4O3S3/c1-2-12(21)19(9-5-6-9)14-17-18-15(25-14)24-8-11(20)16-13(22)10-4-3-7-23-10/h3-4,7,9H,2,5-6,8H2,1H3,(H,16,20,22). The number of aromatic nitrogens is 2. The van der Waals surface area contributed by atoms with Gasteiger partial charge >= 0.3 is 0 Å². The highest BCUT2D eigenvalue weighted by Crippen LogP contribution is 2.36. The summed E-state index contributed by atoms with van der Waals surface area (Å²) < 4.78 is 0.600. The van der Waals surface area contributed by atoms with Gasteiger partial charge in [0, 0.05) is 12.5 Å². The average molecular weight is 397 g/mol. The van der Waals surface area contributed by atoms with Crippen molar-refractivity contribution in [3.05, 3.63) is 22.4 Å². The molecular weight excluding hydrogens is 380 g/mol. The van der Waals surface area contributed by atoms with Crippen molar-refractivity contribution in [3.63, 3.8) is 0 Å². The van der Waals surface area contributed by atoms with Crippen LogP contribution in [0.1, 0.15) is 35.9 Å². The minimum absolute atomic E-state index is 0.0366. The van der Waals surface area contributed by atoms with Crippen LogP contribution in [-0.4, -0.2) is 39.7 Å². The summed E-state index contributed by atoms with van der Waals surface area (Å²) >= 11 is 3.78. The van der Waals surface area contributed by atoms with Crippen molar-refractivity contribution in [1.29, 1.82) is 0 Å². The molecule has 0 unspecified atom stereocenters. The van der Waals surface area contributed by atoms with E-state index in [-0.39, 0.29) is 23.6 Å². The number of hydrogen-bond acceptors (Lipinski definition) is 8. The zero-order valence-electron chi connectivity index (χ0n) is 13.4. The van der Waals surface area contributed by atoms with Crippen LogP contribution in [-0.2, 0) is 9.59 Å². The summed E-state index contributed by atoms with van der Waals surface area (Å²) in [5.41, 5.74) is 0. The minimum Gasteiger partial charge on any atom is -0.291 e. The first-order valence-electron chi connectivity index (χ1n) is 7.74. The first-order chi connectivity index (χ1) is 12.1. The topological polar surface area (TPSA) is 92.3 Å². The van der Waals surface area contributed by atoms with Gasteiger partial charge in [0.05, 0.1) is 10.6 Å². The van der Waals surface area contributed by atoms with E-state index in [9.17, 15) is 14.4 Å². The van der Waals surface area contributed by atoms with Crippen molar-refractivity contribution in [3.8, 4) is 0 Å². The van der Waals surface area contributed by atoms with Crippen LogP contribution in [0.4, 0.5) is 5.13 Å². The van der Waals surface area contributed by atoms with E-state index in [0.29, 0.717) is 20.8 Å². The van der Waals surface area contributed by atoms with E-state index in [1.165, 1.54) is 34.4 Å². The highest BCUT2D eigenvalue weighted by Gasteiger charge is 2.35. The van der Waals surface area contributed by atoms with Crippen molar-refractivity contribution in [1.82, 2.24) is 15.5 Å². The van der Waals surface area contributed by atoms with Crippen LogP contribution < -0.4 is 10.2 Å². The maximum atomic E-state index is 12.1. The third-order valence-corrected chi connectivity index (χ3v) is 6.33. The highest BCUT2D eigenvalue weighted by atomic mass is 32.2. The molecule has 0 bridgehead atoms. The van der Waals surface area contributed by atoms with Crippen LogP contribution in [0, 0.1) is 0 Å². The van der Waals surface area contributed by atoms with Crippen LogP contribution in [0.2, 0.25) is 0 Å². The van der Waals surface area contributed by atoms with E-state index < -0.39 is 5.91 Å². The van der Waals surface area contributed by atoms with Crippen LogP contribution in [0.25, 0.3) is 0 Å². The lowest BCUT2D eigenvalue weighted by Crippen LogP contribution is -2.32. The Morgan fingerprint density at radius 2 is 2.16 bits per heavy atom. The molecule has 0 atom stereocenters. The second-order valence-corrected chi connectivity index (χ2v) is 8.47. The van der Waals surface area contributed by atoms with Crippen molar-refractivity contribution >= 4 is 57.3 Å².